The van der Waals surface area contributed by atoms with Gasteiger partial charge in [-0.3, -0.25) is 0 Å². The van der Waals surface area contributed by atoms with Gasteiger partial charge in [0.1, 0.15) is 0 Å². The Bertz CT molecular complexity index is 506. The molecule has 0 fully saturated rings. The van der Waals surface area contributed by atoms with Gasteiger partial charge in [-0.1, -0.05) is 34.1 Å². The quantitative estimate of drug-likeness (QED) is 0.844. The molecule has 1 N–H and O–H groups in total. The van der Waals surface area contributed by atoms with E-state index < -0.39 is 0 Å². The van der Waals surface area contributed by atoms with Crippen LogP contribution in [0.3, 0.4) is 0 Å². The molecule has 2 aromatic rings. The molecule has 1 nitrogen and oxygen atoms in total. The smallest absolute Gasteiger partial charge is 0.0598 e. The number of thiophene rings is 1. The monoisotopic (exact) mass is 293 g/mol. The SMILES string of the molecule is Brc1ccccc1C1NCCc2sccc21. The van der Waals surface area contributed by atoms with Gasteiger partial charge in [-0.25, -0.2) is 0 Å². The third-order valence-electron chi connectivity index (χ3n) is 3.01. The first-order valence-corrected chi connectivity index (χ1v) is 7.07. The van der Waals surface area contributed by atoms with Gasteiger partial charge in [0, 0.05) is 15.9 Å². The molecule has 1 aromatic carbocycles. The van der Waals surface area contributed by atoms with Crippen molar-refractivity contribution < 1.29 is 0 Å². The summed E-state index contributed by atoms with van der Waals surface area (Å²) < 4.78 is 1.19. The number of hydrogen-bond donors (Lipinski definition) is 1. The highest BCUT2D eigenvalue weighted by Gasteiger charge is 2.23. The predicted octanol–water partition coefficient (Wildman–Crippen LogP) is 3.75. The van der Waals surface area contributed by atoms with Crippen molar-refractivity contribution in [3.63, 3.8) is 0 Å². The van der Waals surface area contributed by atoms with Gasteiger partial charge in [0.15, 0.2) is 0 Å². The molecule has 0 saturated carbocycles. The number of nitrogens with one attached hydrogen (secondary N) is 1. The summed E-state index contributed by atoms with van der Waals surface area (Å²) in [4.78, 5) is 1.53. The lowest BCUT2D eigenvalue weighted by atomic mass is 9.95. The van der Waals surface area contributed by atoms with Gasteiger partial charge in [-0.05, 0) is 35.1 Å². The lowest BCUT2D eigenvalue weighted by molar-refractivity contribution is 0.573. The van der Waals surface area contributed by atoms with E-state index in [2.05, 4.69) is 57.0 Å². The highest BCUT2D eigenvalue weighted by atomic mass is 79.9. The van der Waals surface area contributed by atoms with E-state index in [1.807, 2.05) is 11.3 Å². The van der Waals surface area contributed by atoms with Crippen LogP contribution in [0.15, 0.2) is 40.2 Å². The molecule has 1 aliphatic heterocycles. The number of hydrogen-bond acceptors (Lipinski definition) is 2. The summed E-state index contributed by atoms with van der Waals surface area (Å²) in [5.41, 5.74) is 2.78. The molecule has 2 heterocycles. The summed E-state index contributed by atoms with van der Waals surface area (Å²) in [5, 5.41) is 5.79. The zero-order valence-electron chi connectivity index (χ0n) is 8.74. The molecule has 0 spiro atoms. The van der Waals surface area contributed by atoms with Crippen LogP contribution in [-0.4, -0.2) is 6.54 Å². The molecule has 16 heavy (non-hydrogen) atoms. The topological polar surface area (TPSA) is 12.0 Å². The largest absolute Gasteiger partial charge is 0.306 e. The molecular formula is C13H12BrNS. The van der Waals surface area contributed by atoms with Crippen molar-refractivity contribution >= 4 is 27.3 Å². The molecule has 1 atom stereocenters. The molecule has 1 aromatic heterocycles. The van der Waals surface area contributed by atoms with Crippen LogP contribution in [0.5, 0.6) is 0 Å². The molecular weight excluding hydrogens is 282 g/mol. The minimum Gasteiger partial charge on any atom is -0.306 e. The molecule has 3 heteroatoms. The summed E-state index contributed by atoms with van der Waals surface area (Å²) in [6.45, 7) is 1.07. The van der Waals surface area contributed by atoms with Crippen molar-refractivity contribution in [2.45, 2.75) is 12.5 Å². The number of benzene rings is 1. The van der Waals surface area contributed by atoms with Crippen molar-refractivity contribution in [3.05, 3.63) is 56.2 Å². The Kier molecular flexibility index (Phi) is 2.84. The molecule has 82 valence electrons. The predicted molar refractivity (Wildman–Crippen MR) is 72.0 cm³/mol. The van der Waals surface area contributed by atoms with Crippen LogP contribution in [0.1, 0.15) is 22.0 Å². The standard InChI is InChI=1S/C13H12BrNS/c14-11-4-2-1-3-9(11)13-10-6-8-16-12(10)5-7-15-13/h1-4,6,8,13,15H,5,7H2. The zero-order chi connectivity index (χ0) is 11.0. The van der Waals surface area contributed by atoms with Crippen molar-refractivity contribution in [3.8, 4) is 0 Å². The number of fused-ring (bicyclic) bond motifs is 1. The van der Waals surface area contributed by atoms with Crippen LogP contribution in [-0.2, 0) is 6.42 Å². The van der Waals surface area contributed by atoms with Crippen LogP contribution >= 0.6 is 27.3 Å². The summed E-state index contributed by atoms with van der Waals surface area (Å²) in [5.74, 6) is 0. The Morgan fingerprint density at radius 1 is 1.19 bits per heavy atom. The molecule has 0 aliphatic carbocycles. The molecule has 3 rings (SSSR count). The van der Waals surface area contributed by atoms with Gasteiger partial charge in [0.05, 0.1) is 6.04 Å². The van der Waals surface area contributed by atoms with E-state index >= 15 is 0 Å². The Morgan fingerprint density at radius 2 is 2.06 bits per heavy atom. The fourth-order valence-electron chi connectivity index (χ4n) is 2.24. The lowest BCUT2D eigenvalue weighted by Gasteiger charge is -2.25. The molecule has 1 aliphatic rings. The van der Waals surface area contributed by atoms with Gasteiger partial charge >= 0.3 is 0 Å². The highest BCUT2D eigenvalue weighted by Crippen LogP contribution is 2.34. The van der Waals surface area contributed by atoms with Crippen molar-refractivity contribution in [2.24, 2.45) is 0 Å². The average molecular weight is 294 g/mol. The molecule has 0 amide bonds. The first kappa shape index (κ1) is 10.5. The molecule has 0 saturated heterocycles. The van der Waals surface area contributed by atoms with Crippen molar-refractivity contribution in [2.75, 3.05) is 6.54 Å². The lowest BCUT2D eigenvalue weighted by Crippen LogP contribution is -2.29. The van der Waals surface area contributed by atoms with E-state index in [0.717, 1.165) is 13.0 Å². The van der Waals surface area contributed by atoms with E-state index in [4.69, 9.17) is 0 Å². The fourth-order valence-corrected chi connectivity index (χ4v) is 3.67. The third kappa shape index (κ3) is 1.73. The first-order valence-electron chi connectivity index (χ1n) is 5.40. The summed E-state index contributed by atoms with van der Waals surface area (Å²) in [6, 6.07) is 11.1. The fraction of sp³-hybridized carbons (Fsp3) is 0.231. The van der Waals surface area contributed by atoms with E-state index in [-0.39, 0.29) is 0 Å². The Hall–Kier alpha value is -0.640. The minimum atomic E-state index is 0.352. The van der Waals surface area contributed by atoms with E-state index in [9.17, 15) is 0 Å². The summed E-state index contributed by atoms with van der Waals surface area (Å²) >= 11 is 5.51. The molecule has 0 radical (unpaired) electrons. The number of halogens is 1. The van der Waals surface area contributed by atoms with Gasteiger partial charge in [0.25, 0.3) is 0 Å². The second-order valence-corrected chi connectivity index (χ2v) is 5.81. The highest BCUT2D eigenvalue weighted by molar-refractivity contribution is 9.10. The van der Waals surface area contributed by atoms with Crippen LogP contribution in [0.25, 0.3) is 0 Å². The maximum atomic E-state index is 3.64. The Labute approximate surface area is 108 Å². The second-order valence-electron chi connectivity index (χ2n) is 3.96. The van der Waals surface area contributed by atoms with Gasteiger partial charge in [-0.2, -0.15) is 0 Å². The Balaban J connectivity index is 2.08. The molecule has 1 unspecified atom stereocenters. The first-order chi connectivity index (χ1) is 7.86. The molecule has 0 bridgehead atoms. The minimum absolute atomic E-state index is 0.352. The van der Waals surface area contributed by atoms with Gasteiger partial charge in [-0.15, -0.1) is 11.3 Å². The third-order valence-corrected chi connectivity index (χ3v) is 4.73. The van der Waals surface area contributed by atoms with E-state index in [0.29, 0.717) is 6.04 Å². The van der Waals surface area contributed by atoms with E-state index in [1.165, 1.54) is 20.5 Å². The maximum absolute atomic E-state index is 3.64. The van der Waals surface area contributed by atoms with Crippen LogP contribution in [0, 0.1) is 0 Å². The normalized spacial score (nSPS) is 19.4. The van der Waals surface area contributed by atoms with Crippen LogP contribution in [0.4, 0.5) is 0 Å². The summed E-state index contributed by atoms with van der Waals surface area (Å²) in [6.07, 6.45) is 1.16. The summed E-state index contributed by atoms with van der Waals surface area (Å²) in [7, 11) is 0. The van der Waals surface area contributed by atoms with Crippen molar-refractivity contribution in [1.29, 1.82) is 0 Å². The maximum Gasteiger partial charge on any atom is 0.0598 e. The second kappa shape index (κ2) is 4.32. The van der Waals surface area contributed by atoms with Gasteiger partial charge < -0.3 is 5.32 Å². The van der Waals surface area contributed by atoms with Gasteiger partial charge in [0.2, 0.25) is 0 Å². The Morgan fingerprint density at radius 3 is 2.94 bits per heavy atom. The zero-order valence-corrected chi connectivity index (χ0v) is 11.1. The number of rotatable bonds is 1. The average Bonchev–Trinajstić information content (AvgIpc) is 2.77. The van der Waals surface area contributed by atoms with Crippen molar-refractivity contribution in [1.82, 2.24) is 5.32 Å². The van der Waals surface area contributed by atoms with Crippen LogP contribution < -0.4 is 5.32 Å². The van der Waals surface area contributed by atoms with E-state index in [1.54, 1.807) is 0 Å². The van der Waals surface area contributed by atoms with Crippen LogP contribution in [0.2, 0.25) is 0 Å².